The molecule has 1 saturated heterocycles. The number of fused-ring (bicyclic) bond motifs is 1. The molecule has 2 rings (SSSR count). The Morgan fingerprint density at radius 1 is 1.33 bits per heavy atom. The van der Waals surface area contributed by atoms with Crippen LogP contribution in [0.2, 0.25) is 0 Å². The van der Waals surface area contributed by atoms with Gasteiger partial charge < -0.3 is 14.2 Å². The quantitative estimate of drug-likeness (QED) is 0.559. The zero-order valence-corrected chi connectivity index (χ0v) is 15.2. The third-order valence-corrected chi connectivity index (χ3v) is 4.62. The van der Waals surface area contributed by atoms with Crippen LogP contribution in [-0.2, 0) is 28.6 Å². The Kier molecular flexibility index (Phi) is 5.10. The Morgan fingerprint density at radius 3 is 2.46 bits per heavy atom. The van der Waals surface area contributed by atoms with Gasteiger partial charge in [-0.15, -0.1) is 0 Å². The van der Waals surface area contributed by atoms with E-state index < -0.39 is 23.6 Å². The van der Waals surface area contributed by atoms with Gasteiger partial charge in [0.15, 0.2) is 6.10 Å². The largest absolute Gasteiger partial charge is 0.461 e. The van der Waals surface area contributed by atoms with Gasteiger partial charge in [0.25, 0.3) is 5.91 Å². The van der Waals surface area contributed by atoms with Crippen LogP contribution in [0.5, 0.6) is 0 Å². The molecule has 0 radical (unpaired) electrons. The van der Waals surface area contributed by atoms with Crippen LogP contribution in [0, 0.1) is 0 Å². The van der Waals surface area contributed by atoms with Gasteiger partial charge in [0, 0.05) is 24.5 Å². The van der Waals surface area contributed by atoms with Gasteiger partial charge in [-0.05, 0) is 20.8 Å². The highest BCUT2D eigenvalue weighted by Gasteiger charge is 2.55. The van der Waals surface area contributed by atoms with E-state index in [0.29, 0.717) is 10.5 Å². The molecule has 8 heteroatoms. The predicted molar refractivity (Wildman–Crippen MR) is 87.7 cm³/mol. The van der Waals surface area contributed by atoms with Crippen molar-refractivity contribution in [3.8, 4) is 0 Å². The average molecular weight is 355 g/mol. The Balaban J connectivity index is 2.42. The second-order valence-corrected chi connectivity index (χ2v) is 7.62. The Labute approximate surface area is 145 Å². The highest BCUT2D eigenvalue weighted by atomic mass is 32.2. The summed E-state index contributed by atoms with van der Waals surface area (Å²) in [5.41, 5.74) is -0.283. The summed E-state index contributed by atoms with van der Waals surface area (Å²) in [5.74, 6) is -1.47. The molecule has 0 spiro atoms. The monoisotopic (exact) mass is 355 g/mol. The van der Waals surface area contributed by atoms with Gasteiger partial charge in [-0.3, -0.25) is 14.5 Å². The standard InChI is InChI=1S/C16H21NO6S/c1-8-10(7-22-9(2)18)11(15(20)23-16(3,4)5)17-13(19)12(21-6)14(17)24-8/h12,14H,1,7H2,2-6H3. The number of ether oxygens (including phenoxy) is 3. The molecule has 0 saturated carbocycles. The summed E-state index contributed by atoms with van der Waals surface area (Å²) in [7, 11) is 1.44. The van der Waals surface area contributed by atoms with E-state index >= 15 is 0 Å². The van der Waals surface area contributed by atoms with Crippen LogP contribution < -0.4 is 0 Å². The molecule has 1 amide bonds. The number of β-lactam (4-membered cyclic amide) rings is 1. The van der Waals surface area contributed by atoms with Gasteiger partial charge in [0.05, 0.1) is 0 Å². The number of esters is 2. The van der Waals surface area contributed by atoms with Crippen molar-refractivity contribution in [1.29, 1.82) is 0 Å². The van der Waals surface area contributed by atoms with Gasteiger partial charge in [-0.1, -0.05) is 18.3 Å². The van der Waals surface area contributed by atoms with Crippen molar-refractivity contribution in [2.45, 2.75) is 44.8 Å². The number of nitrogens with zero attached hydrogens (tertiary/aromatic N) is 1. The summed E-state index contributed by atoms with van der Waals surface area (Å²) in [5, 5.41) is -0.376. The molecule has 24 heavy (non-hydrogen) atoms. The van der Waals surface area contributed by atoms with Gasteiger partial charge in [0.2, 0.25) is 0 Å². The molecule has 0 N–H and O–H groups in total. The molecule has 2 aliphatic rings. The lowest BCUT2D eigenvalue weighted by molar-refractivity contribution is -0.166. The van der Waals surface area contributed by atoms with E-state index in [2.05, 4.69) is 6.58 Å². The number of carbonyl (C=O) groups excluding carboxylic acids is 3. The fourth-order valence-electron chi connectivity index (χ4n) is 2.37. The molecular weight excluding hydrogens is 334 g/mol. The normalized spacial score (nSPS) is 23.6. The lowest BCUT2D eigenvalue weighted by Gasteiger charge is -2.49. The second kappa shape index (κ2) is 6.60. The van der Waals surface area contributed by atoms with E-state index in [1.807, 2.05) is 0 Å². The van der Waals surface area contributed by atoms with Crippen molar-refractivity contribution in [2.24, 2.45) is 0 Å². The van der Waals surface area contributed by atoms with E-state index in [-0.39, 0.29) is 23.6 Å². The summed E-state index contributed by atoms with van der Waals surface area (Å²) < 4.78 is 15.6. The maximum absolute atomic E-state index is 12.6. The molecule has 2 atom stereocenters. The maximum atomic E-state index is 12.6. The summed E-state index contributed by atoms with van der Waals surface area (Å²) in [6.45, 7) is 10.2. The molecule has 1 fully saturated rings. The molecule has 0 bridgehead atoms. The number of amides is 1. The van der Waals surface area contributed by atoms with Crippen LogP contribution in [0.3, 0.4) is 0 Å². The van der Waals surface area contributed by atoms with Crippen LogP contribution in [-0.4, -0.2) is 53.5 Å². The first-order valence-electron chi connectivity index (χ1n) is 7.38. The molecule has 132 valence electrons. The molecule has 2 unspecified atom stereocenters. The lowest BCUT2D eigenvalue weighted by Crippen LogP contribution is -2.65. The van der Waals surface area contributed by atoms with Crippen LogP contribution in [0.25, 0.3) is 0 Å². The minimum atomic E-state index is -0.730. The third kappa shape index (κ3) is 3.49. The van der Waals surface area contributed by atoms with Gasteiger partial charge in [-0.2, -0.15) is 0 Å². The Bertz CT molecular complexity index is 633. The molecule has 2 aliphatic heterocycles. The van der Waals surface area contributed by atoms with Crippen LogP contribution >= 0.6 is 11.8 Å². The minimum Gasteiger partial charge on any atom is -0.461 e. The summed E-state index contributed by atoms with van der Waals surface area (Å²) in [6.07, 6.45) is -0.639. The first-order valence-corrected chi connectivity index (χ1v) is 8.26. The van der Waals surface area contributed by atoms with Crippen molar-refractivity contribution < 1.29 is 28.6 Å². The Hall–Kier alpha value is -1.80. The van der Waals surface area contributed by atoms with Crippen LogP contribution in [0.4, 0.5) is 0 Å². The predicted octanol–water partition coefficient (Wildman–Crippen LogP) is 1.59. The summed E-state index contributed by atoms with van der Waals surface area (Å²) in [6, 6.07) is 0. The lowest BCUT2D eigenvalue weighted by atomic mass is 10.0. The fourth-order valence-corrected chi connectivity index (χ4v) is 3.63. The zero-order valence-electron chi connectivity index (χ0n) is 14.4. The van der Waals surface area contributed by atoms with E-state index in [1.54, 1.807) is 20.8 Å². The molecule has 0 aliphatic carbocycles. The smallest absolute Gasteiger partial charge is 0.356 e. The number of methoxy groups -OCH3 is 1. The number of hydrogen-bond donors (Lipinski definition) is 0. The molecule has 7 nitrogen and oxygen atoms in total. The number of rotatable bonds is 4. The van der Waals surface area contributed by atoms with E-state index in [0.717, 1.165) is 0 Å². The van der Waals surface area contributed by atoms with Crippen molar-refractivity contribution >= 4 is 29.6 Å². The summed E-state index contributed by atoms with van der Waals surface area (Å²) >= 11 is 1.30. The van der Waals surface area contributed by atoms with Gasteiger partial charge >= 0.3 is 11.9 Å². The number of thioether (sulfide) groups is 1. The van der Waals surface area contributed by atoms with E-state index in [1.165, 1.54) is 30.7 Å². The fraction of sp³-hybridized carbons (Fsp3) is 0.562. The molecule has 0 aromatic heterocycles. The molecule has 2 heterocycles. The number of hydrogen-bond acceptors (Lipinski definition) is 7. The van der Waals surface area contributed by atoms with Gasteiger partial charge in [0.1, 0.15) is 23.3 Å². The van der Waals surface area contributed by atoms with Crippen LogP contribution in [0.1, 0.15) is 27.7 Å². The minimum absolute atomic E-state index is 0.0678. The second-order valence-electron chi connectivity index (χ2n) is 6.41. The number of carbonyl (C=O) groups is 3. The zero-order chi connectivity index (χ0) is 18.2. The first-order chi connectivity index (χ1) is 11.1. The highest BCUT2D eigenvalue weighted by molar-refractivity contribution is 8.04. The van der Waals surface area contributed by atoms with Crippen molar-refractivity contribution in [3.63, 3.8) is 0 Å². The molecular formula is C16H21NO6S. The Morgan fingerprint density at radius 2 is 1.96 bits per heavy atom. The average Bonchev–Trinajstić information content (AvgIpc) is 2.43. The van der Waals surface area contributed by atoms with Crippen molar-refractivity contribution in [3.05, 3.63) is 22.8 Å². The SMILES string of the molecule is C=C1SC2C(OC)C(=O)N2C(C(=O)OC(C)(C)C)=C1COC(C)=O. The molecule has 0 aromatic carbocycles. The first kappa shape index (κ1) is 18.5. The van der Waals surface area contributed by atoms with Gasteiger partial charge in [-0.25, -0.2) is 4.79 Å². The van der Waals surface area contributed by atoms with E-state index in [9.17, 15) is 14.4 Å². The maximum Gasteiger partial charge on any atom is 0.356 e. The molecule has 0 aromatic rings. The van der Waals surface area contributed by atoms with Crippen molar-refractivity contribution in [2.75, 3.05) is 13.7 Å². The van der Waals surface area contributed by atoms with Crippen molar-refractivity contribution in [1.82, 2.24) is 4.90 Å². The van der Waals surface area contributed by atoms with Crippen LogP contribution in [0.15, 0.2) is 22.8 Å². The third-order valence-electron chi connectivity index (χ3n) is 3.39. The van der Waals surface area contributed by atoms with E-state index in [4.69, 9.17) is 14.2 Å². The topological polar surface area (TPSA) is 82.1 Å². The highest BCUT2D eigenvalue weighted by Crippen LogP contribution is 2.47. The summed E-state index contributed by atoms with van der Waals surface area (Å²) in [4.78, 5) is 38.0.